The molecule has 1 heterocycles. The predicted octanol–water partition coefficient (Wildman–Crippen LogP) is 4.66. The van der Waals surface area contributed by atoms with Gasteiger partial charge in [-0.15, -0.1) is 0 Å². The maximum atomic E-state index is 6.26. The van der Waals surface area contributed by atoms with E-state index in [1.54, 1.807) is 0 Å². The summed E-state index contributed by atoms with van der Waals surface area (Å²) in [4.78, 5) is 0. The Morgan fingerprint density at radius 2 is 2.16 bits per heavy atom. The lowest BCUT2D eigenvalue weighted by Gasteiger charge is -2.24. The van der Waals surface area contributed by atoms with E-state index in [0.29, 0.717) is 6.04 Å². The van der Waals surface area contributed by atoms with Gasteiger partial charge in [-0.3, -0.25) is 0 Å². The zero-order valence-corrected chi connectivity index (χ0v) is 12.9. The van der Waals surface area contributed by atoms with Gasteiger partial charge in [0, 0.05) is 23.5 Å². The first-order chi connectivity index (χ1) is 9.15. The van der Waals surface area contributed by atoms with E-state index in [1.165, 1.54) is 61.9 Å². The Morgan fingerprint density at radius 1 is 1.37 bits per heavy atom. The SMILES string of the molecule is CCCCCCC(C)n1c(C)cc2c1CCCC2N. The standard InChI is InChI=1S/C17H30N2/c1-4-5-6-7-9-13(2)19-14(3)12-15-16(18)10-8-11-17(15)19/h12-13,16H,4-11,18H2,1-3H3. The molecular weight excluding hydrogens is 232 g/mol. The van der Waals surface area contributed by atoms with Gasteiger partial charge in [0.25, 0.3) is 0 Å². The van der Waals surface area contributed by atoms with Crippen LogP contribution >= 0.6 is 0 Å². The lowest BCUT2D eigenvalue weighted by atomic mass is 9.93. The number of unbranched alkanes of at least 4 members (excludes halogenated alkanes) is 3. The van der Waals surface area contributed by atoms with E-state index in [-0.39, 0.29) is 6.04 Å². The summed E-state index contributed by atoms with van der Waals surface area (Å²) in [6.07, 6.45) is 10.4. The van der Waals surface area contributed by atoms with Gasteiger partial charge in [-0.25, -0.2) is 0 Å². The lowest BCUT2D eigenvalue weighted by Crippen LogP contribution is -2.19. The topological polar surface area (TPSA) is 30.9 Å². The number of nitrogens with two attached hydrogens (primary N) is 1. The van der Waals surface area contributed by atoms with Crippen molar-refractivity contribution < 1.29 is 0 Å². The van der Waals surface area contributed by atoms with Gasteiger partial charge in [-0.2, -0.15) is 0 Å². The Hall–Kier alpha value is -0.760. The smallest absolute Gasteiger partial charge is 0.0313 e. The molecule has 2 rings (SSSR count). The van der Waals surface area contributed by atoms with Crippen LogP contribution in [-0.2, 0) is 6.42 Å². The van der Waals surface area contributed by atoms with E-state index in [1.807, 2.05) is 0 Å². The van der Waals surface area contributed by atoms with Crippen molar-refractivity contribution in [2.75, 3.05) is 0 Å². The summed E-state index contributed by atoms with van der Waals surface area (Å²) < 4.78 is 2.57. The Kier molecular flexibility index (Phi) is 5.09. The molecule has 0 fully saturated rings. The van der Waals surface area contributed by atoms with Crippen LogP contribution in [0, 0.1) is 6.92 Å². The normalized spacial score (nSPS) is 20.3. The number of fused-ring (bicyclic) bond motifs is 1. The van der Waals surface area contributed by atoms with Crippen molar-refractivity contribution in [1.29, 1.82) is 0 Å². The van der Waals surface area contributed by atoms with Crippen molar-refractivity contribution in [3.05, 3.63) is 23.0 Å². The second-order valence-electron chi connectivity index (χ2n) is 6.25. The Bertz CT molecular complexity index is 406. The van der Waals surface area contributed by atoms with Gasteiger partial charge in [0.05, 0.1) is 0 Å². The first-order valence-corrected chi connectivity index (χ1v) is 8.11. The molecule has 0 aliphatic heterocycles. The first kappa shape index (κ1) is 14.6. The highest BCUT2D eigenvalue weighted by Gasteiger charge is 2.23. The van der Waals surface area contributed by atoms with E-state index in [4.69, 9.17) is 5.73 Å². The molecule has 19 heavy (non-hydrogen) atoms. The van der Waals surface area contributed by atoms with Gasteiger partial charge < -0.3 is 10.3 Å². The van der Waals surface area contributed by atoms with Crippen molar-refractivity contribution in [1.82, 2.24) is 4.57 Å². The molecule has 0 saturated heterocycles. The molecule has 0 spiro atoms. The fraction of sp³-hybridized carbons (Fsp3) is 0.765. The monoisotopic (exact) mass is 262 g/mol. The van der Waals surface area contributed by atoms with Crippen LogP contribution < -0.4 is 5.73 Å². The van der Waals surface area contributed by atoms with Crippen LogP contribution in [0.25, 0.3) is 0 Å². The Balaban J connectivity index is 2.07. The summed E-state index contributed by atoms with van der Waals surface area (Å²) in [5, 5.41) is 0. The van der Waals surface area contributed by atoms with Gasteiger partial charge in [-0.1, -0.05) is 32.6 Å². The van der Waals surface area contributed by atoms with Crippen LogP contribution in [0.3, 0.4) is 0 Å². The number of aromatic nitrogens is 1. The molecule has 2 nitrogen and oxygen atoms in total. The Labute approximate surface area is 118 Å². The van der Waals surface area contributed by atoms with Crippen LogP contribution in [0.2, 0.25) is 0 Å². The molecule has 2 N–H and O–H groups in total. The van der Waals surface area contributed by atoms with Crippen LogP contribution in [-0.4, -0.2) is 4.57 Å². The average molecular weight is 262 g/mol. The summed E-state index contributed by atoms with van der Waals surface area (Å²) in [6, 6.07) is 3.24. The third-order valence-electron chi connectivity index (χ3n) is 4.61. The van der Waals surface area contributed by atoms with E-state index in [2.05, 4.69) is 31.4 Å². The van der Waals surface area contributed by atoms with E-state index < -0.39 is 0 Å². The molecule has 2 atom stereocenters. The third-order valence-corrected chi connectivity index (χ3v) is 4.61. The fourth-order valence-electron chi connectivity index (χ4n) is 3.57. The van der Waals surface area contributed by atoms with Crippen molar-refractivity contribution in [3.63, 3.8) is 0 Å². The molecule has 1 aromatic heterocycles. The van der Waals surface area contributed by atoms with Gasteiger partial charge >= 0.3 is 0 Å². The number of aryl methyl sites for hydroxylation is 1. The fourth-order valence-corrected chi connectivity index (χ4v) is 3.57. The zero-order valence-electron chi connectivity index (χ0n) is 12.9. The highest BCUT2D eigenvalue weighted by molar-refractivity contribution is 5.33. The second-order valence-corrected chi connectivity index (χ2v) is 6.25. The minimum Gasteiger partial charge on any atom is -0.346 e. The molecule has 1 aliphatic carbocycles. The van der Waals surface area contributed by atoms with Crippen LogP contribution in [0.1, 0.15) is 87.8 Å². The first-order valence-electron chi connectivity index (χ1n) is 8.11. The van der Waals surface area contributed by atoms with Crippen LogP contribution in [0.5, 0.6) is 0 Å². The predicted molar refractivity (Wildman–Crippen MR) is 82.5 cm³/mol. The van der Waals surface area contributed by atoms with Crippen LogP contribution in [0.15, 0.2) is 6.07 Å². The van der Waals surface area contributed by atoms with E-state index in [9.17, 15) is 0 Å². The highest BCUT2D eigenvalue weighted by Crippen LogP contribution is 2.33. The summed E-state index contributed by atoms with van der Waals surface area (Å²) >= 11 is 0. The minimum atomic E-state index is 0.274. The van der Waals surface area contributed by atoms with Crippen molar-refractivity contribution in [3.8, 4) is 0 Å². The van der Waals surface area contributed by atoms with Gasteiger partial charge in [0.2, 0.25) is 0 Å². The quantitative estimate of drug-likeness (QED) is 0.742. The van der Waals surface area contributed by atoms with Crippen molar-refractivity contribution in [2.45, 2.75) is 84.2 Å². The number of rotatable bonds is 6. The van der Waals surface area contributed by atoms with Gasteiger partial charge in [0.1, 0.15) is 0 Å². The third kappa shape index (κ3) is 3.22. The number of hydrogen-bond donors (Lipinski definition) is 1. The Morgan fingerprint density at radius 3 is 2.89 bits per heavy atom. The molecule has 1 aromatic rings. The molecule has 0 radical (unpaired) electrons. The molecule has 0 saturated carbocycles. The molecule has 0 bridgehead atoms. The van der Waals surface area contributed by atoms with E-state index >= 15 is 0 Å². The second kappa shape index (κ2) is 6.60. The molecule has 2 heteroatoms. The summed E-state index contributed by atoms with van der Waals surface area (Å²) in [5.74, 6) is 0. The summed E-state index contributed by atoms with van der Waals surface area (Å²) in [5.41, 5.74) is 10.6. The molecular formula is C17H30N2. The maximum absolute atomic E-state index is 6.26. The maximum Gasteiger partial charge on any atom is 0.0313 e. The molecule has 108 valence electrons. The van der Waals surface area contributed by atoms with Crippen LogP contribution in [0.4, 0.5) is 0 Å². The molecule has 1 aliphatic rings. The highest BCUT2D eigenvalue weighted by atomic mass is 15.0. The number of nitrogens with zero attached hydrogens (tertiary/aromatic N) is 1. The van der Waals surface area contributed by atoms with E-state index in [0.717, 1.165) is 6.42 Å². The minimum absolute atomic E-state index is 0.274. The molecule has 2 unspecified atom stereocenters. The molecule has 0 aromatic carbocycles. The largest absolute Gasteiger partial charge is 0.346 e. The number of hydrogen-bond acceptors (Lipinski definition) is 1. The summed E-state index contributed by atoms with van der Waals surface area (Å²) in [6.45, 7) is 6.89. The summed E-state index contributed by atoms with van der Waals surface area (Å²) in [7, 11) is 0. The molecule has 0 amide bonds. The van der Waals surface area contributed by atoms with Crippen molar-refractivity contribution >= 4 is 0 Å². The average Bonchev–Trinajstić information content (AvgIpc) is 2.72. The van der Waals surface area contributed by atoms with Gasteiger partial charge in [0.15, 0.2) is 0 Å². The zero-order chi connectivity index (χ0) is 13.8. The van der Waals surface area contributed by atoms with Crippen molar-refractivity contribution in [2.24, 2.45) is 5.73 Å². The van der Waals surface area contributed by atoms with Gasteiger partial charge in [-0.05, 0) is 51.2 Å². The lowest BCUT2D eigenvalue weighted by molar-refractivity contribution is 0.441.